The lowest BCUT2D eigenvalue weighted by Gasteiger charge is -2.33. The van der Waals surface area contributed by atoms with Gasteiger partial charge in [0.05, 0.1) is 6.10 Å². The maximum absolute atomic E-state index is 12.9. The summed E-state index contributed by atoms with van der Waals surface area (Å²) in [7, 11) is 0. The quantitative estimate of drug-likeness (QED) is 0.662. The lowest BCUT2D eigenvalue weighted by atomic mass is 9.74. The lowest BCUT2D eigenvalue weighted by molar-refractivity contribution is -0.135. The highest BCUT2D eigenvalue weighted by atomic mass is 16.3. The second-order valence-corrected chi connectivity index (χ2v) is 8.82. The molecule has 2 aromatic carbocycles. The van der Waals surface area contributed by atoms with Crippen LogP contribution in [-0.2, 0) is 16.1 Å². The zero-order valence-corrected chi connectivity index (χ0v) is 17.5. The summed E-state index contributed by atoms with van der Waals surface area (Å²) in [5.41, 5.74) is 1.60. The van der Waals surface area contributed by atoms with Gasteiger partial charge in [-0.3, -0.25) is 9.59 Å². The molecule has 1 heterocycles. The van der Waals surface area contributed by atoms with E-state index in [1.807, 2.05) is 12.1 Å². The molecule has 164 valence electrons. The third kappa shape index (κ3) is 4.74. The van der Waals surface area contributed by atoms with Gasteiger partial charge in [0, 0.05) is 42.8 Å². The molecule has 1 saturated carbocycles. The number of carbonyl (C=O) groups excluding carboxylic acids is 2. The largest absolute Gasteiger partial charge is 0.508 e. The van der Waals surface area contributed by atoms with Gasteiger partial charge in [0.25, 0.3) is 0 Å². The molecule has 0 spiro atoms. The van der Waals surface area contributed by atoms with Gasteiger partial charge >= 0.3 is 0 Å². The Morgan fingerprint density at radius 3 is 2.58 bits per heavy atom. The smallest absolute Gasteiger partial charge is 0.226 e. The van der Waals surface area contributed by atoms with Gasteiger partial charge in [0.1, 0.15) is 17.3 Å². The molecule has 2 aromatic rings. The molecule has 2 fully saturated rings. The molecule has 31 heavy (non-hydrogen) atoms. The minimum atomic E-state index is -0.638. The number of aromatic hydroxyl groups is 2. The second kappa shape index (κ2) is 9.10. The Labute approximate surface area is 182 Å². The predicted molar refractivity (Wildman–Crippen MR) is 115 cm³/mol. The SMILES string of the molecule is O=C(CC1CCN(Cc2ccccc2O)C1=O)C1CCC(c2cccc(O)c2)C(O)C1. The van der Waals surface area contributed by atoms with Gasteiger partial charge in [-0.25, -0.2) is 0 Å². The van der Waals surface area contributed by atoms with Crippen LogP contribution < -0.4 is 0 Å². The van der Waals surface area contributed by atoms with Crippen LogP contribution in [0, 0.1) is 11.8 Å². The standard InChI is InChI=1S/C25H29NO5/c27-20-6-3-5-16(12-20)21-9-8-17(13-24(21)30)23(29)14-18-10-11-26(25(18)31)15-19-4-1-2-7-22(19)28/h1-7,12,17-18,21,24,27-28,30H,8-11,13-15H2. The Kier molecular flexibility index (Phi) is 6.28. The highest BCUT2D eigenvalue weighted by Gasteiger charge is 2.38. The number of para-hydroxylation sites is 1. The van der Waals surface area contributed by atoms with Gasteiger partial charge < -0.3 is 20.2 Å². The van der Waals surface area contributed by atoms with Crippen molar-refractivity contribution >= 4 is 11.7 Å². The Balaban J connectivity index is 1.32. The third-order valence-corrected chi connectivity index (χ3v) is 6.78. The Hall–Kier alpha value is -2.86. The number of likely N-dealkylation sites (tertiary alicyclic amines) is 1. The lowest BCUT2D eigenvalue weighted by Crippen LogP contribution is -2.33. The molecule has 2 aliphatic rings. The van der Waals surface area contributed by atoms with Crippen molar-refractivity contribution in [3.8, 4) is 11.5 Å². The fourth-order valence-electron chi connectivity index (χ4n) is 4.99. The zero-order chi connectivity index (χ0) is 22.0. The van der Waals surface area contributed by atoms with E-state index in [1.165, 1.54) is 0 Å². The Morgan fingerprint density at radius 2 is 1.84 bits per heavy atom. The van der Waals surface area contributed by atoms with Gasteiger partial charge in [-0.2, -0.15) is 0 Å². The van der Waals surface area contributed by atoms with Crippen molar-refractivity contribution in [3.63, 3.8) is 0 Å². The average molecular weight is 424 g/mol. The van der Waals surface area contributed by atoms with Crippen LogP contribution in [0.5, 0.6) is 11.5 Å². The van der Waals surface area contributed by atoms with E-state index in [2.05, 4.69) is 0 Å². The van der Waals surface area contributed by atoms with E-state index in [4.69, 9.17) is 0 Å². The molecule has 4 unspecified atom stereocenters. The number of aliphatic hydroxyl groups is 1. The van der Waals surface area contributed by atoms with Crippen molar-refractivity contribution in [3.05, 3.63) is 59.7 Å². The molecule has 4 atom stereocenters. The Morgan fingerprint density at radius 1 is 1.03 bits per heavy atom. The topological polar surface area (TPSA) is 98.1 Å². The summed E-state index contributed by atoms with van der Waals surface area (Å²) in [6.45, 7) is 0.932. The first-order valence-corrected chi connectivity index (χ1v) is 11.0. The number of hydrogen-bond acceptors (Lipinski definition) is 5. The molecule has 4 rings (SSSR count). The van der Waals surface area contributed by atoms with Crippen LogP contribution in [-0.4, -0.2) is 44.6 Å². The number of Topliss-reactive ketones (excluding diaryl/α,β-unsaturated/α-hetero) is 1. The maximum atomic E-state index is 12.9. The second-order valence-electron chi connectivity index (χ2n) is 8.82. The van der Waals surface area contributed by atoms with Gasteiger partial charge in [-0.1, -0.05) is 30.3 Å². The summed E-state index contributed by atoms with van der Waals surface area (Å²) in [4.78, 5) is 27.4. The first-order chi connectivity index (χ1) is 14.9. The van der Waals surface area contributed by atoms with Crippen molar-refractivity contribution in [2.75, 3.05) is 6.54 Å². The van der Waals surface area contributed by atoms with Crippen LogP contribution in [0.1, 0.15) is 49.1 Å². The summed E-state index contributed by atoms with van der Waals surface area (Å²) in [5, 5.41) is 30.3. The van der Waals surface area contributed by atoms with E-state index in [0.29, 0.717) is 44.3 Å². The van der Waals surface area contributed by atoms with Gasteiger partial charge in [-0.15, -0.1) is 0 Å². The van der Waals surface area contributed by atoms with Crippen LogP contribution in [0.4, 0.5) is 0 Å². The fourth-order valence-corrected chi connectivity index (χ4v) is 4.99. The Bertz CT molecular complexity index is 958. The van der Waals surface area contributed by atoms with Crippen molar-refractivity contribution < 1.29 is 24.9 Å². The third-order valence-electron chi connectivity index (χ3n) is 6.78. The molecule has 1 amide bonds. The van der Waals surface area contributed by atoms with Crippen molar-refractivity contribution in [2.45, 2.75) is 50.7 Å². The minimum absolute atomic E-state index is 0.0365. The number of phenols is 2. The van der Waals surface area contributed by atoms with E-state index in [0.717, 1.165) is 5.56 Å². The molecule has 6 nitrogen and oxygen atoms in total. The first-order valence-electron chi connectivity index (χ1n) is 11.0. The molecule has 1 aliphatic carbocycles. The number of carbonyl (C=O) groups is 2. The molecule has 3 N–H and O–H groups in total. The van der Waals surface area contributed by atoms with E-state index < -0.39 is 6.10 Å². The zero-order valence-electron chi connectivity index (χ0n) is 17.5. The number of nitrogens with zero attached hydrogens (tertiary/aromatic N) is 1. The summed E-state index contributed by atoms with van der Waals surface area (Å²) < 4.78 is 0. The van der Waals surface area contributed by atoms with Crippen LogP contribution in [0.25, 0.3) is 0 Å². The molecule has 0 bridgehead atoms. The number of aliphatic hydroxyl groups excluding tert-OH is 1. The van der Waals surface area contributed by atoms with Gasteiger partial charge in [-0.05, 0) is 49.4 Å². The molecule has 1 aliphatic heterocycles. The van der Waals surface area contributed by atoms with E-state index in [9.17, 15) is 24.9 Å². The van der Waals surface area contributed by atoms with E-state index >= 15 is 0 Å². The highest BCUT2D eigenvalue weighted by Crippen LogP contribution is 2.38. The van der Waals surface area contributed by atoms with Crippen molar-refractivity contribution in [1.29, 1.82) is 0 Å². The van der Waals surface area contributed by atoms with E-state index in [1.54, 1.807) is 41.3 Å². The summed E-state index contributed by atoms with van der Waals surface area (Å²) in [6, 6.07) is 13.9. The number of phenolic OH excluding ortho intramolecular Hbond substituents is 2. The maximum Gasteiger partial charge on any atom is 0.226 e. The predicted octanol–water partition coefficient (Wildman–Crippen LogP) is 3.35. The number of benzene rings is 2. The molecular formula is C25H29NO5. The van der Waals surface area contributed by atoms with Crippen LogP contribution in [0.2, 0.25) is 0 Å². The highest BCUT2D eigenvalue weighted by molar-refractivity contribution is 5.89. The van der Waals surface area contributed by atoms with Crippen molar-refractivity contribution in [1.82, 2.24) is 4.90 Å². The van der Waals surface area contributed by atoms with Gasteiger partial charge in [0.2, 0.25) is 5.91 Å². The minimum Gasteiger partial charge on any atom is -0.508 e. The fraction of sp³-hybridized carbons (Fsp3) is 0.440. The van der Waals surface area contributed by atoms with E-state index in [-0.39, 0.29) is 47.4 Å². The van der Waals surface area contributed by atoms with Crippen LogP contribution >= 0.6 is 0 Å². The molecule has 6 heteroatoms. The average Bonchev–Trinajstić information content (AvgIpc) is 3.09. The summed E-state index contributed by atoms with van der Waals surface area (Å²) in [6.07, 6.45) is 1.96. The summed E-state index contributed by atoms with van der Waals surface area (Å²) >= 11 is 0. The van der Waals surface area contributed by atoms with Crippen LogP contribution in [0.3, 0.4) is 0 Å². The number of rotatable bonds is 6. The summed E-state index contributed by atoms with van der Waals surface area (Å²) in [5.74, 6) is -0.272. The molecule has 0 aromatic heterocycles. The number of ketones is 1. The molecule has 1 saturated heterocycles. The normalized spacial score (nSPS) is 26.2. The first kappa shape index (κ1) is 21.4. The monoisotopic (exact) mass is 423 g/mol. The van der Waals surface area contributed by atoms with Crippen LogP contribution in [0.15, 0.2) is 48.5 Å². The molecule has 0 radical (unpaired) electrons. The molecular weight excluding hydrogens is 394 g/mol. The van der Waals surface area contributed by atoms with Crippen molar-refractivity contribution in [2.24, 2.45) is 11.8 Å². The number of hydrogen-bond donors (Lipinski definition) is 3. The van der Waals surface area contributed by atoms with Gasteiger partial charge in [0.15, 0.2) is 0 Å². The number of amides is 1.